The van der Waals surface area contributed by atoms with E-state index in [4.69, 9.17) is 11.6 Å². The lowest BCUT2D eigenvalue weighted by Gasteiger charge is -2.33. The second kappa shape index (κ2) is 4.28. The highest BCUT2D eigenvalue weighted by Crippen LogP contribution is 2.26. The normalized spacial score (nSPS) is 25.9. The topological polar surface area (TPSA) is 24.9 Å². The summed E-state index contributed by atoms with van der Waals surface area (Å²) in [6.07, 6.45) is 6.07. The van der Waals surface area contributed by atoms with Crippen LogP contribution in [0.2, 0.25) is 5.02 Å². The van der Waals surface area contributed by atoms with Gasteiger partial charge in [-0.05, 0) is 30.4 Å². The molecule has 0 saturated heterocycles. The number of halogens is 1. The van der Waals surface area contributed by atoms with Gasteiger partial charge in [0, 0.05) is 25.0 Å². The maximum absolute atomic E-state index is 6.00. The lowest BCUT2D eigenvalue weighted by Crippen LogP contribution is -2.39. The average Bonchev–Trinajstić information content (AvgIpc) is 2.13. The molecule has 76 valence electrons. The van der Waals surface area contributed by atoms with Crippen LogP contribution in [0.25, 0.3) is 0 Å². The molecule has 1 N–H and O–H groups in total. The van der Waals surface area contributed by atoms with E-state index in [1.54, 1.807) is 12.4 Å². The number of hydrogen-bond donors (Lipinski definition) is 1. The Labute approximate surface area is 89.7 Å². The van der Waals surface area contributed by atoms with Gasteiger partial charge in [-0.1, -0.05) is 18.5 Å². The van der Waals surface area contributed by atoms with Crippen LogP contribution in [0.1, 0.15) is 25.3 Å². The Morgan fingerprint density at radius 3 is 3.00 bits per heavy atom. The predicted molar refractivity (Wildman–Crippen MR) is 58.3 cm³/mol. The molecule has 1 fully saturated rings. The van der Waals surface area contributed by atoms with Crippen LogP contribution < -0.4 is 5.32 Å². The highest BCUT2D eigenvalue weighted by atomic mass is 35.5. The van der Waals surface area contributed by atoms with Crippen molar-refractivity contribution in [2.24, 2.45) is 5.92 Å². The molecule has 2 nitrogen and oxygen atoms in total. The second-order valence-corrected chi connectivity index (χ2v) is 4.53. The van der Waals surface area contributed by atoms with E-state index in [1.165, 1.54) is 12.8 Å². The summed E-state index contributed by atoms with van der Waals surface area (Å²) in [7, 11) is 0. The van der Waals surface area contributed by atoms with Crippen LogP contribution >= 0.6 is 11.6 Å². The fraction of sp³-hybridized carbons (Fsp3) is 0.545. The van der Waals surface area contributed by atoms with Gasteiger partial charge in [-0.15, -0.1) is 0 Å². The van der Waals surface area contributed by atoms with Gasteiger partial charge in [0.1, 0.15) is 0 Å². The van der Waals surface area contributed by atoms with Gasteiger partial charge in [0.15, 0.2) is 0 Å². The van der Waals surface area contributed by atoms with E-state index in [2.05, 4.69) is 17.2 Å². The molecule has 0 radical (unpaired) electrons. The van der Waals surface area contributed by atoms with Crippen molar-refractivity contribution in [2.75, 3.05) is 0 Å². The van der Waals surface area contributed by atoms with Gasteiger partial charge in [-0.25, -0.2) is 0 Å². The van der Waals surface area contributed by atoms with Crippen molar-refractivity contribution >= 4 is 11.6 Å². The molecule has 0 bridgehead atoms. The molecule has 1 saturated carbocycles. The van der Waals surface area contributed by atoms with Gasteiger partial charge < -0.3 is 5.32 Å². The van der Waals surface area contributed by atoms with E-state index in [9.17, 15) is 0 Å². The van der Waals surface area contributed by atoms with E-state index < -0.39 is 0 Å². The Morgan fingerprint density at radius 1 is 1.57 bits per heavy atom. The highest BCUT2D eigenvalue weighted by molar-refractivity contribution is 6.31. The molecular formula is C11H15ClN2. The van der Waals surface area contributed by atoms with Gasteiger partial charge in [0.25, 0.3) is 0 Å². The zero-order chi connectivity index (χ0) is 9.97. The fourth-order valence-electron chi connectivity index (χ4n) is 1.87. The molecule has 14 heavy (non-hydrogen) atoms. The largest absolute Gasteiger partial charge is 0.310 e. The summed E-state index contributed by atoms with van der Waals surface area (Å²) >= 11 is 6.00. The Morgan fingerprint density at radius 2 is 2.36 bits per heavy atom. The Balaban J connectivity index is 1.83. The van der Waals surface area contributed by atoms with Gasteiger partial charge in [-0.2, -0.15) is 0 Å². The minimum atomic E-state index is 0.689. The summed E-state index contributed by atoms with van der Waals surface area (Å²) in [6.45, 7) is 3.15. The van der Waals surface area contributed by atoms with Crippen molar-refractivity contribution in [2.45, 2.75) is 32.4 Å². The van der Waals surface area contributed by atoms with E-state index in [0.29, 0.717) is 6.04 Å². The Hall–Kier alpha value is -0.600. The molecule has 0 amide bonds. The van der Waals surface area contributed by atoms with Gasteiger partial charge in [-0.3, -0.25) is 4.98 Å². The van der Waals surface area contributed by atoms with Crippen molar-refractivity contribution in [1.29, 1.82) is 0 Å². The maximum atomic E-state index is 6.00. The van der Waals surface area contributed by atoms with Crippen LogP contribution in [0.4, 0.5) is 0 Å². The third-order valence-electron chi connectivity index (χ3n) is 2.81. The predicted octanol–water partition coefficient (Wildman–Crippen LogP) is 2.62. The maximum Gasteiger partial charge on any atom is 0.0634 e. The first-order valence-electron chi connectivity index (χ1n) is 5.07. The van der Waals surface area contributed by atoms with Crippen molar-refractivity contribution in [3.63, 3.8) is 0 Å². The molecule has 1 aromatic rings. The summed E-state index contributed by atoms with van der Waals surface area (Å²) in [5.74, 6) is 0.889. The Kier molecular flexibility index (Phi) is 3.04. The molecule has 1 heterocycles. The quantitative estimate of drug-likeness (QED) is 0.830. The fourth-order valence-corrected chi connectivity index (χ4v) is 2.06. The number of nitrogens with zero attached hydrogens (tertiary/aromatic N) is 1. The average molecular weight is 211 g/mol. The lowest BCUT2D eigenvalue weighted by molar-refractivity contribution is 0.240. The monoisotopic (exact) mass is 210 g/mol. The number of pyridine rings is 1. The molecule has 0 spiro atoms. The zero-order valence-electron chi connectivity index (χ0n) is 8.33. The standard InChI is InChI=1S/C11H15ClN2/c1-8-4-10(5-8)14-6-9-2-3-13-7-11(9)12/h2-3,7-8,10,14H,4-6H2,1H3. The van der Waals surface area contributed by atoms with Gasteiger partial charge in [0.2, 0.25) is 0 Å². The second-order valence-electron chi connectivity index (χ2n) is 4.12. The van der Waals surface area contributed by atoms with E-state index in [1.807, 2.05) is 6.07 Å². The minimum Gasteiger partial charge on any atom is -0.310 e. The van der Waals surface area contributed by atoms with Crippen LogP contribution in [0.3, 0.4) is 0 Å². The third kappa shape index (κ3) is 2.25. The van der Waals surface area contributed by atoms with E-state index in [0.717, 1.165) is 23.0 Å². The minimum absolute atomic E-state index is 0.689. The summed E-state index contributed by atoms with van der Waals surface area (Å²) < 4.78 is 0. The van der Waals surface area contributed by atoms with Crippen LogP contribution in [-0.4, -0.2) is 11.0 Å². The van der Waals surface area contributed by atoms with Crippen LogP contribution in [0, 0.1) is 5.92 Å². The van der Waals surface area contributed by atoms with Crippen molar-refractivity contribution in [3.05, 3.63) is 29.0 Å². The number of rotatable bonds is 3. The van der Waals surface area contributed by atoms with Crippen molar-refractivity contribution in [1.82, 2.24) is 10.3 Å². The molecule has 1 aliphatic rings. The summed E-state index contributed by atoms with van der Waals surface area (Å²) in [5, 5.41) is 4.25. The molecule has 0 aliphatic heterocycles. The van der Waals surface area contributed by atoms with E-state index >= 15 is 0 Å². The molecule has 2 rings (SSSR count). The van der Waals surface area contributed by atoms with Gasteiger partial charge >= 0.3 is 0 Å². The third-order valence-corrected chi connectivity index (χ3v) is 3.15. The highest BCUT2D eigenvalue weighted by Gasteiger charge is 2.24. The molecular weight excluding hydrogens is 196 g/mol. The molecule has 0 aromatic carbocycles. The SMILES string of the molecule is CC1CC(NCc2ccncc2Cl)C1. The van der Waals surface area contributed by atoms with Gasteiger partial charge in [0.05, 0.1) is 5.02 Å². The number of hydrogen-bond acceptors (Lipinski definition) is 2. The lowest BCUT2D eigenvalue weighted by atomic mass is 9.82. The number of aromatic nitrogens is 1. The number of nitrogens with one attached hydrogen (secondary N) is 1. The van der Waals surface area contributed by atoms with Crippen LogP contribution in [0.15, 0.2) is 18.5 Å². The molecule has 0 atom stereocenters. The molecule has 3 heteroatoms. The summed E-state index contributed by atoms with van der Waals surface area (Å²) in [4.78, 5) is 3.96. The first-order chi connectivity index (χ1) is 6.75. The zero-order valence-corrected chi connectivity index (χ0v) is 9.09. The van der Waals surface area contributed by atoms with Crippen molar-refractivity contribution in [3.8, 4) is 0 Å². The smallest absolute Gasteiger partial charge is 0.0634 e. The summed E-state index contributed by atoms with van der Waals surface area (Å²) in [6, 6.07) is 2.66. The first kappa shape index (κ1) is 9.94. The van der Waals surface area contributed by atoms with Crippen molar-refractivity contribution < 1.29 is 0 Å². The molecule has 1 aliphatic carbocycles. The first-order valence-corrected chi connectivity index (χ1v) is 5.45. The van der Waals surface area contributed by atoms with E-state index in [-0.39, 0.29) is 0 Å². The summed E-state index contributed by atoms with van der Waals surface area (Å²) in [5.41, 5.74) is 1.14. The Bertz CT molecular complexity index is 308. The van der Waals surface area contributed by atoms with Crippen LogP contribution in [0.5, 0.6) is 0 Å². The van der Waals surface area contributed by atoms with Crippen LogP contribution in [-0.2, 0) is 6.54 Å². The molecule has 1 aromatic heterocycles. The molecule has 0 unspecified atom stereocenters.